The van der Waals surface area contributed by atoms with Gasteiger partial charge in [-0.2, -0.15) is 0 Å². The van der Waals surface area contributed by atoms with Crippen LogP contribution in [0.5, 0.6) is 0 Å². The minimum Gasteiger partial charge on any atom is -0.317 e. The van der Waals surface area contributed by atoms with E-state index >= 15 is 0 Å². The van der Waals surface area contributed by atoms with Gasteiger partial charge in [-0.15, -0.1) is 10.2 Å². The molecular weight excluding hydrogens is 376 g/mol. The maximum Gasteiger partial charge on any atom is 0.294 e. The lowest BCUT2D eigenvalue weighted by Crippen LogP contribution is -2.15. The summed E-state index contributed by atoms with van der Waals surface area (Å²) in [5.74, 6) is 1.13. The van der Waals surface area contributed by atoms with Crippen molar-refractivity contribution in [3.05, 3.63) is 75.3 Å². The molecule has 1 aliphatic rings. The van der Waals surface area contributed by atoms with Gasteiger partial charge >= 0.3 is 0 Å². The van der Waals surface area contributed by atoms with E-state index < -0.39 is 0 Å². The molecule has 6 heteroatoms. The highest BCUT2D eigenvalue weighted by atomic mass is 16.1. The molecule has 0 spiro atoms. The minimum absolute atomic E-state index is 0.108. The Morgan fingerprint density at radius 2 is 2.07 bits per heavy atom. The molecule has 5 rings (SSSR count). The van der Waals surface area contributed by atoms with E-state index in [0.717, 1.165) is 43.4 Å². The third-order valence-electron chi connectivity index (χ3n) is 6.14. The van der Waals surface area contributed by atoms with E-state index in [0.29, 0.717) is 23.1 Å². The first-order chi connectivity index (χ1) is 14.7. The van der Waals surface area contributed by atoms with Crippen LogP contribution in [-0.4, -0.2) is 25.4 Å². The number of aromatic amines is 1. The molecule has 0 amide bonds. The van der Waals surface area contributed by atoms with Crippen molar-refractivity contribution in [2.24, 2.45) is 0 Å². The van der Waals surface area contributed by atoms with Crippen LogP contribution in [0.4, 0.5) is 0 Å². The highest BCUT2D eigenvalue weighted by Gasteiger charge is 2.23. The second-order valence-electron chi connectivity index (χ2n) is 8.13. The van der Waals surface area contributed by atoms with Gasteiger partial charge in [0.25, 0.3) is 5.56 Å². The standard InChI is InChI=1S/C24H24N4O2/c1-2-6-22-26-27-23-24(30)25-19-13-17(11-12-20(19)28(22)23)21(29)14-16-9-5-8-15-7-3-4-10-18(15)16/h3-4,7,10-13,16H,2,5-6,8-9,14H2,1H3,(H,25,30). The fourth-order valence-electron chi connectivity index (χ4n) is 4.69. The van der Waals surface area contributed by atoms with E-state index in [-0.39, 0.29) is 17.3 Å². The number of hydrogen-bond donors (Lipinski definition) is 1. The molecule has 4 aromatic rings. The number of nitrogens with zero attached hydrogens (tertiary/aromatic N) is 3. The molecule has 2 aromatic carbocycles. The number of aryl methyl sites for hydroxylation is 2. The number of fused-ring (bicyclic) bond motifs is 4. The number of benzene rings is 2. The average Bonchev–Trinajstić information content (AvgIpc) is 3.19. The summed E-state index contributed by atoms with van der Waals surface area (Å²) in [4.78, 5) is 28.5. The molecule has 0 aliphatic heterocycles. The van der Waals surface area contributed by atoms with Crippen LogP contribution in [0.15, 0.2) is 47.3 Å². The lowest BCUT2D eigenvalue weighted by atomic mass is 9.79. The Morgan fingerprint density at radius 3 is 2.93 bits per heavy atom. The summed E-state index contributed by atoms with van der Waals surface area (Å²) in [6, 6.07) is 14.0. The topological polar surface area (TPSA) is 80.1 Å². The first kappa shape index (κ1) is 18.7. The van der Waals surface area contributed by atoms with Gasteiger partial charge in [0, 0.05) is 18.4 Å². The van der Waals surface area contributed by atoms with E-state index in [1.165, 1.54) is 11.1 Å². The van der Waals surface area contributed by atoms with E-state index in [1.54, 1.807) is 6.07 Å². The normalized spacial score (nSPS) is 16.1. The summed E-state index contributed by atoms with van der Waals surface area (Å²) in [6.07, 6.45) is 5.38. The second-order valence-corrected chi connectivity index (χ2v) is 8.13. The van der Waals surface area contributed by atoms with Crippen molar-refractivity contribution in [1.82, 2.24) is 19.6 Å². The first-order valence-corrected chi connectivity index (χ1v) is 10.7. The number of Topliss-reactive ketones (excluding diaryl/α,β-unsaturated/α-hetero) is 1. The molecule has 0 saturated carbocycles. The molecule has 2 heterocycles. The molecule has 1 atom stereocenters. The van der Waals surface area contributed by atoms with Crippen LogP contribution in [0.1, 0.15) is 65.8 Å². The number of hydrogen-bond acceptors (Lipinski definition) is 4. The van der Waals surface area contributed by atoms with Crippen LogP contribution in [0.2, 0.25) is 0 Å². The number of H-pyrrole nitrogens is 1. The highest BCUT2D eigenvalue weighted by Crippen LogP contribution is 2.34. The van der Waals surface area contributed by atoms with Crippen LogP contribution in [0.3, 0.4) is 0 Å². The third-order valence-corrected chi connectivity index (χ3v) is 6.14. The average molecular weight is 400 g/mol. The summed E-state index contributed by atoms with van der Waals surface area (Å²) in [5, 5.41) is 8.22. The first-order valence-electron chi connectivity index (χ1n) is 10.7. The van der Waals surface area contributed by atoms with Gasteiger partial charge in [-0.25, -0.2) is 0 Å². The minimum atomic E-state index is -0.289. The van der Waals surface area contributed by atoms with Crippen molar-refractivity contribution < 1.29 is 4.79 Å². The van der Waals surface area contributed by atoms with Crippen molar-refractivity contribution in [3.8, 4) is 0 Å². The summed E-state index contributed by atoms with van der Waals surface area (Å²) in [6.45, 7) is 2.07. The van der Waals surface area contributed by atoms with Gasteiger partial charge in [0.2, 0.25) is 5.65 Å². The van der Waals surface area contributed by atoms with Gasteiger partial charge in [0.1, 0.15) is 5.82 Å². The summed E-state index contributed by atoms with van der Waals surface area (Å²) in [5.41, 5.74) is 4.76. The van der Waals surface area contributed by atoms with Gasteiger partial charge in [0.15, 0.2) is 5.78 Å². The van der Waals surface area contributed by atoms with Crippen LogP contribution in [0, 0.1) is 0 Å². The molecule has 1 unspecified atom stereocenters. The van der Waals surface area contributed by atoms with Gasteiger partial charge in [-0.05, 0) is 60.9 Å². The maximum absolute atomic E-state index is 13.1. The van der Waals surface area contributed by atoms with Gasteiger partial charge in [-0.3, -0.25) is 14.0 Å². The summed E-state index contributed by atoms with van der Waals surface area (Å²) in [7, 11) is 0. The molecule has 2 aromatic heterocycles. The van der Waals surface area contributed by atoms with Crippen molar-refractivity contribution in [2.75, 3.05) is 0 Å². The number of nitrogens with one attached hydrogen (secondary N) is 1. The fraction of sp³-hybridized carbons (Fsp3) is 0.333. The van der Waals surface area contributed by atoms with E-state index in [9.17, 15) is 9.59 Å². The number of carbonyl (C=O) groups excluding carboxylic acids is 1. The monoisotopic (exact) mass is 400 g/mol. The van der Waals surface area contributed by atoms with Crippen LogP contribution < -0.4 is 5.56 Å². The Kier molecular flexibility index (Phi) is 4.69. The summed E-state index contributed by atoms with van der Waals surface area (Å²) >= 11 is 0. The van der Waals surface area contributed by atoms with Crippen molar-refractivity contribution in [3.63, 3.8) is 0 Å². The van der Waals surface area contributed by atoms with Gasteiger partial charge < -0.3 is 4.98 Å². The molecule has 0 bridgehead atoms. The zero-order chi connectivity index (χ0) is 20.7. The molecule has 1 aliphatic carbocycles. The number of carbonyl (C=O) groups is 1. The van der Waals surface area contributed by atoms with E-state index in [2.05, 4.69) is 46.4 Å². The molecule has 1 N–H and O–H groups in total. The van der Waals surface area contributed by atoms with Crippen molar-refractivity contribution in [1.29, 1.82) is 0 Å². The van der Waals surface area contributed by atoms with Crippen molar-refractivity contribution in [2.45, 2.75) is 51.4 Å². The molecule has 30 heavy (non-hydrogen) atoms. The molecule has 0 fully saturated rings. The Labute approximate surface area is 174 Å². The quantitative estimate of drug-likeness (QED) is 0.509. The largest absolute Gasteiger partial charge is 0.317 e. The molecule has 0 radical (unpaired) electrons. The van der Waals surface area contributed by atoms with Crippen LogP contribution in [0.25, 0.3) is 16.7 Å². The Balaban J connectivity index is 1.51. The van der Waals surface area contributed by atoms with Gasteiger partial charge in [0.05, 0.1) is 11.0 Å². The second kappa shape index (κ2) is 7.52. The highest BCUT2D eigenvalue weighted by molar-refractivity contribution is 5.99. The third kappa shape index (κ3) is 3.12. The molecular formula is C24H24N4O2. The zero-order valence-corrected chi connectivity index (χ0v) is 17.0. The Hall–Kier alpha value is -3.28. The van der Waals surface area contributed by atoms with E-state index in [1.807, 2.05) is 16.5 Å². The van der Waals surface area contributed by atoms with Crippen molar-refractivity contribution >= 4 is 22.5 Å². The Morgan fingerprint density at radius 1 is 1.20 bits per heavy atom. The van der Waals surface area contributed by atoms with Crippen LogP contribution in [-0.2, 0) is 12.8 Å². The number of ketones is 1. The predicted molar refractivity (Wildman–Crippen MR) is 116 cm³/mol. The summed E-state index contributed by atoms with van der Waals surface area (Å²) < 4.78 is 1.81. The van der Waals surface area contributed by atoms with Gasteiger partial charge in [-0.1, -0.05) is 31.2 Å². The molecule has 152 valence electrons. The maximum atomic E-state index is 13.1. The molecule has 0 saturated heterocycles. The number of rotatable bonds is 5. The lowest BCUT2D eigenvalue weighted by Gasteiger charge is -2.25. The zero-order valence-electron chi connectivity index (χ0n) is 17.0. The van der Waals surface area contributed by atoms with Crippen LogP contribution >= 0.6 is 0 Å². The smallest absolute Gasteiger partial charge is 0.294 e. The number of aromatic nitrogens is 4. The molecule has 6 nitrogen and oxygen atoms in total. The lowest BCUT2D eigenvalue weighted by molar-refractivity contribution is 0.0971. The SMILES string of the molecule is CCCc1nnc2c(=O)[nH]c3cc(C(=O)CC4CCCc5ccccc54)ccc3n12. The predicted octanol–water partition coefficient (Wildman–Crippen LogP) is 4.22. The van der Waals surface area contributed by atoms with E-state index in [4.69, 9.17) is 0 Å². The fourth-order valence-corrected chi connectivity index (χ4v) is 4.69. The Bertz CT molecular complexity index is 1320.